The molecule has 0 spiro atoms. The Kier molecular flexibility index (Phi) is 24.7. The van der Waals surface area contributed by atoms with Crippen molar-refractivity contribution < 1.29 is 72.4 Å². The number of alkyl halides is 8. The van der Waals surface area contributed by atoms with E-state index in [9.17, 15) is 54.3 Å². The van der Waals surface area contributed by atoms with E-state index in [1.165, 1.54) is 79.5 Å². The van der Waals surface area contributed by atoms with Gasteiger partial charge in [0.2, 0.25) is 29.4 Å². The topological polar surface area (TPSA) is 340 Å². The molecule has 0 amide bonds. The van der Waals surface area contributed by atoms with Gasteiger partial charge in [0.25, 0.3) is 35.1 Å². The summed E-state index contributed by atoms with van der Waals surface area (Å²) in [7, 11) is 4.55. The van der Waals surface area contributed by atoms with E-state index in [4.69, 9.17) is 39.4 Å². The number of hydrogen-bond acceptors (Lipinski definition) is 24. The van der Waals surface area contributed by atoms with Crippen molar-refractivity contribution in [1.29, 1.82) is 0 Å². The summed E-state index contributed by atoms with van der Waals surface area (Å²) >= 11 is 6.18. The molecule has 0 aliphatic heterocycles. The average molecular weight is 1900 g/mol. The number of halogens is 9. The number of rotatable bonds is 24. The first-order valence-corrected chi connectivity index (χ1v) is 42.7. The Balaban J connectivity index is 0.000000124. The van der Waals surface area contributed by atoms with Crippen LogP contribution in [0.3, 0.4) is 0 Å². The summed E-state index contributed by atoms with van der Waals surface area (Å²) in [4.78, 5) is 76.7. The Bertz CT molecular complexity index is 8420. The van der Waals surface area contributed by atoms with Crippen LogP contribution in [0, 0.1) is 5.92 Å². The molecule has 1 aliphatic carbocycles. The molecular formula is C97H76ClF8N21O11. The van der Waals surface area contributed by atoms with E-state index in [1.54, 1.807) is 147 Å². The lowest BCUT2D eigenvalue weighted by Crippen LogP contribution is -2.23. The van der Waals surface area contributed by atoms with E-state index >= 15 is 0 Å². The minimum atomic E-state index is -2.94. The minimum Gasteiger partial charge on any atom is -0.481 e. The van der Waals surface area contributed by atoms with Crippen LogP contribution >= 0.6 is 11.6 Å². The van der Waals surface area contributed by atoms with Gasteiger partial charge in [-0.3, -0.25) is 37.9 Å². The van der Waals surface area contributed by atoms with Crippen molar-refractivity contribution in [3.05, 3.63) is 284 Å². The molecule has 21 rings (SSSR count). The van der Waals surface area contributed by atoms with Crippen LogP contribution in [0.5, 0.6) is 40.9 Å². The molecule has 1 saturated carbocycles. The molecule has 0 bridgehead atoms. The minimum absolute atomic E-state index is 0.00381. The van der Waals surface area contributed by atoms with E-state index < -0.39 is 68.6 Å². The summed E-state index contributed by atoms with van der Waals surface area (Å²) in [5.74, 6) is 0.974. The molecule has 32 nitrogen and oxygen atoms in total. The second-order valence-corrected chi connectivity index (χ2v) is 32.2. The van der Waals surface area contributed by atoms with Crippen LogP contribution in [0.2, 0.25) is 5.02 Å². The summed E-state index contributed by atoms with van der Waals surface area (Å²) in [6, 6.07) is 55.5. The molecule has 0 atom stereocenters. The number of benzene rings is 7. The first kappa shape index (κ1) is 87.7. The third-order valence-electron chi connectivity index (χ3n) is 21.4. The van der Waals surface area contributed by atoms with E-state index in [1.807, 2.05) is 90.0 Å². The fraction of sp³-hybridized carbons (Fsp3) is 0.186. The maximum atomic E-state index is 13.8. The largest absolute Gasteiger partial charge is 0.481 e. The third kappa shape index (κ3) is 20.1. The fourth-order valence-electron chi connectivity index (χ4n) is 15.2. The molecule has 7 aromatic carbocycles. The van der Waals surface area contributed by atoms with E-state index in [0.29, 0.717) is 96.3 Å². The van der Waals surface area contributed by atoms with Gasteiger partial charge in [-0.15, -0.1) is 0 Å². The zero-order chi connectivity index (χ0) is 98.9. The van der Waals surface area contributed by atoms with Gasteiger partial charge in [-0.05, 0) is 189 Å². The molecule has 698 valence electrons. The number of methoxy groups -OCH3 is 1. The molecular weight excluding hydrogens is 1820 g/mol. The van der Waals surface area contributed by atoms with Gasteiger partial charge in [0.15, 0.2) is 13.2 Å². The molecule has 1 aliphatic rings. The molecule has 0 radical (unpaired) electrons. The Labute approximate surface area is 782 Å². The van der Waals surface area contributed by atoms with Crippen molar-refractivity contribution in [1.82, 2.24) is 103 Å². The summed E-state index contributed by atoms with van der Waals surface area (Å²) < 4.78 is 170. The Morgan fingerprint density at radius 1 is 0.370 bits per heavy atom. The molecule has 13 aromatic heterocycles. The molecule has 0 unspecified atom stereocenters. The van der Waals surface area contributed by atoms with Crippen molar-refractivity contribution in [3.8, 4) is 108 Å². The zero-order valence-corrected chi connectivity index (χ0v) is 74.1. The van der Waals surface area contributed by atoms with Gasteiger partial charge in [0.05, 0.1) is 90.9 Å². The molecule has 138 heavy (non-hydrogen) atoms. The Morgan fingerprint density at radius 2 is 0.703 bits per heavy atom. The highest BCUT2D eigenvalue weighted by Crippen LogP contribution is 2.36. The molecule has 20 aromatic rings. The van der Waals surface area contributed by atoms with Gasteiger partial charge in [-0.1, -0.05) is 48.0 Å². The van der Waals surface area contributed by atoms with Crippen molar-refractivity contribution in [2.45, 2.75) is 58.9 Å². The lowest BCUT2D eigenvalue weighted by atomic mass is 10.1. The van der Waals surface area contributed by atoms with Crippen molar-refractivity contribution in [2.24, 2.45) is 34.1 Å². The molecule has 41 heteroatoms. The van der Waals surface area contributed by atoms with Crippen LogP contribution < -0.4 is 55.4 Å². The normalized spacial score (nSPS) is 12.5. The van der Waals surface area contributed by atoms with E-state index in [-0.39, 0.29) is 79.6 Å². The Morgan fingerprint density at radius 3 is 1.04 bits per heavy atom. The van der Waals surface area contributed by atoms with Gasteiger partial charge >= 0.3 is 13.2 Å². The first-order chi connectivity index (χ1) is 67.7. The maximum Gasteiger partial charge on any atom is 0.387 e. The second kappa shape index (κ2) is 38.9. The van der Waals surface area contributed by atoms with E-state index in [2.05, 4.69) is 75.2 Å². The highest BCUT2D eigenvalue weighted by Gasteiger charge is 2.27. The molecule has 13 heterocycles. The maximum absolute atomic E-state index is 13.8. The smallest absolute Gasteiger partial charge is 0.387 e. The SMILES string of the molecule is CC(C)Oc1ccc2nn(-c3ccc4nn(C)cc4c3)c(=O)c(-c3ccc(OC(F)F)cc3)c2n1.Cn1cc2cc(-n3nc4ccc(OCC(F)F)nc4c(-c4cccc(Cl)c4)c3=O)ccc2n1.Cn1cc2cc(-n3nc4ccc(OCC5CC5)nc4c(-c4ccc(OC(F)F)cc4)c3=O)ccc2n1.[2H]C([2H])([2H])Oc1ccc(-c2c(=O)n(-c3ccc4nn(C)cc4c3)nc3ccc(OCC(F)F)nc23)cn1. The highest BCUT2D eigenvalue weighted by molar-refractivity contribution is 6.31. The number of aromatic nitrogens is 21. The van der Waals surface area contributed by atoms with Crippen molar-refractivity contribution in [3.63, 3.8) is 0 Å². The molecule has 0 saturated heterocycles. The predicted molar refractivity (Wildman–Crippen MR) is 499 cm³/mol. The van der Waals surface area contributed by atoms with Crippen LogP contribution in [0.25, 0.3) is 155 Å². The lowest BCUT2D eigenvalue weighted by Gasteiger charge is -2.14. The van der Waals surface area contributed by atoms with Crippen LogP contribution in [0.15, 0.2) is 256 Å². The van der Waals surface area contributed by atoms with Crippen LogP contribution in [-0.4, -0.2) is 162 Å². The summed E-state index contributed by atoms with van der Waals surface area (Å²) in [5, 5.41) is 39.3. The van der Waals surface area contributed by atoms with Crippen LogP contribution in [-0.2, 0) is 28.2 Å². The standard InChI is InChI=1S/C26H21F2N5O3.C25H21F2N5O3.C23H16ClF2N5O2.C23H18F2N6O3/c1-32-13-17-12-18(6-9-20(17)30-32)33-25(34)23(16-4-7-19(8-5-16)36-26(27)28)24-21(31-33)10-11-22(29-24)35-14-15-2-3-15;1-14(2)34-21-11-10-20-23(28-21)22(15-4-7-18(8-5-15)35-25(26)27)24(33)32(30-20)17-6-9-19-16(12-17)13-31(3)29-19;1-30-11-14-10-16(5-6-17(14)28-30)31-23(32)21(13-3-2-4-15(24)9-13)22-18(29-31)7-8-20(27-22)33-12-19(25)26;1-30-11-14-9-15(4-5-16(14)28-30)31-23(32)21(13-3-7-19(33-2)26-10-13)22-17(29-31)6-8-20(27-22)34-12-18(24)25/h4-13,15,26H,2-3,14H2,1H3;4-14,25H,1-3H3;2-11,19H,12H2,1H3;3-11,18H,12H2,1-2H3/i;;;2D3. The van der Waals surface area contributed by atoms with Gasteiger partial charge < -0.3 is 33.2 Å². The lowest BCUT2D eigenvalue weighted by molar-refractivity contribution is -0.0505. The molecule has 1 fully saturated rings. The molecule has 0 N–H and O–H groups in total. The Hall–Kier alpha value is -16.9. The number of ether oxygens (including phenoxy) is 7. The van der Waals surface area contributed by atoms with Crippen LogP contribution in [0.1, 0.15) is 30.8 Å². The van der Waals surface area contributed by atoms with Gasteiger partial charge in [0, 0.05) is 122 Å². The average Bonchev–Trinajstić information content (AvgIpc) is 1.44. The summed E-state index contributed by atoms with van der Waals surface area (Å²) in [5.41, 5.74) is 8.69. The monoisotopic (exact) mass is 1900 g/mol. The first-order valence-electron chi connectivity index (χ1n) is 43.8. The number of nitrogens with zero attached hydrogens (tertiary/aromatic N) is 21. The van der Waals surface area contributed by atoms with Crippen LogP contribution in [0.4, 0.5) is 35.1 Å². The predicted octanol–water partition coefficient (Wildman–Crippen LogP) is 17.5. The van der Waals surface area contributed by atoms with Gasteiger partial charge in [-0.25, -0.2) is 42.5 Å². The quantitative estimate of drug-likeness (QED) is 0.0507. The zero-order valence-electron chi connectivity index (χ0n) is 76.3. The number of pyridine rings is 5. The van der Waals surface area contributed by atoms with Gasteiger partial charge in [-0.2, -0.15) is 77.1 Å². The van der Waals surface area contributed by atoms with Gasteiger partial charge in [0.1, 0.15) is 55.6 Å². The number of aryl methyl sites for hydroxylation is 4. The fourth-order valence-corrected chi connectivity index (χ4v) is 15.4. The second-order valence-electron chi connectivity index (χ2n) is 31.7. The number of hydrogen-bond donors (Lipinski definition) is 0. The number of fused-ring (bicyclic) bond motifs is 8. The third-order valence-corrected chi connectivity index (χ3v) is 21.6. The summed E-state index contributed by atoms with van der Waals surface area (Å²) in [6.07, 6.45) is 5.42. The highest BCUT2D eigenvalue weighted by atomic mass is 35.5. The summed E-state index contributed by atoms with van der Waals surface area (Å²) in [6.45, 7) is -3.24. The van der Waals surface area contributed by atoms with Crippen molar-refractivity contribution >= 4 is 99.3 Å². The van der Waals surface area contributed by atoms with E-state index in [0.717, 1.165) is 56.5 Å². The van der Waals surface area contributed by atoms with Crippen molar-refractivity contribution in [2.75, 3.05) is 26.9 Å².